The highest BCUT2D eigenvalue weighted by molar-refractivity contribution is 7.71. The maximum absolute atomic E-state index is 11.0. The zero-order valence-corrected chi connectivity index (χ0v) is 16.4. The lowest BCUT2D eigenvalue weighted by Gasteiger charge is -2.16. The third-order valence-electron chi connectivity index (χ3n) is 4.43. The number of ether oxygens (including phenoxy) is 1. The molecule has 0 saturated carbocycles. The molecule has 0 spiro atoms. The van der Waals surface area contributed by atoms with Crippen LogP contribution in [0.25, 0.3) is 0 Å². The maximum atomic E-state index is 11.0. The zero-order chi connectivity index (χ0) is 19.4. The first-order chi connectivity index (χ1) is 13.0. The molecule has 0 radical (unpaired) electrons. The van der Waals surface area contributed by atoms with Crippen molar-refractivity contribution in [1.82, 2.24) is 14.8 Å². The van der Waals surface area contributed by atoms with Gasteiger partial charge in [-0.05, 0) is 59.1 Å². The first-order valence-corrected chi connectivity index (χ1v) is 9.19. The second-order valence-corrected chi connectivity index (χ2v) is 7.11. The minimum atomic E-state index is 0.200. The first kappa shape index (κ1) is 19.0. The van der Waals surface area contributed by atoms with E-state index in [1.807, 2.05) is 47.9 Å². The van der Waals surface area contributed by atoms with Crippen molar-refractivity contribution < 1.29 is 4.74 Å². The third kappa shape index (κ3) is 4.31. The summed E-state index contributed by atoms with van der Waals surface area (Å²) in [4.78, 5) is 11.0. The summed E-state index contributed by atoms with van der Waals surface area (Å²) in [6.45, 7) is 6.85. The summed E-state index contributed by atoms with van der Waals surface area (Å²) in [5, 5.41) is 10.2. The van der Waals surface area contributed by atoms with Gasteiger partial charge in [-0.1, -0.05) is 44.2 Å². The molecule has 6 nitrogen and oxygen atoms in total. The molecule has 1 heterocycles. The van der Waals surface area contributed by atoms with Crippen LogP contribution in [0.1, 0.15) is 42.3 Å². The molecule has 0 amide bonds. The summed E-state index contributed by atoms with van der Waals surface area (Å²) in [5.41, 5.74) is 3.31. The number of aromatic nitrogens is 3. The van der Waals surface area contributed by atoms with E-state index in [1.54, 1.807) is 6.07 Å². The fraction of sp³-hybridized carbons (Fsp3) is 0.300. The fourth-order valence-electron chi connectivity index (χ4n) is 2.89. The van der Waals surface area contributed by atoms with E-state index < -0.39 is 0 Å². The van der Waals surface area contributed by atoms with Gasteiger partial charge in [-0.15, -0.1) is 4.91 Å². The standard InChI is InChI=1S/C20H22N4O2S/c1-13(2)16-10-17(23-25)14(3)9-18(16)26-12-19-21-22-20(27)24(19)11-15-7-5-4-6-8-15/h4-10,13H,11-12H2,1-3H3,(H,22,27). The van der Waals surface area contributed by atoms with Gasteiger partial charge in [0, 0.05) is 0 Å². The summed E-state index contributed by atoms with van der Waals surface area (Å²) in [5.74, 6) is 1.65. The molecular formula is C20H22N4O2S. The minimum Gasteiger partial charge on any atom is -0.485 e. The number of hydrogen-bond acceptors (Lipinski definition) is 5. The number of rotatable bonds is 7. The summed E-state index contributed by atoms with van der Waals surface area (Å²) < 4.78 is 8.54. The van der Waals surface area contributed by atoms with Crippen LogP contribution in [0.5, 0.6) is 5.75 Å². The number of nitrogens with one attached hydrogen (secondary N) is 1. The SMILES string of the molecule is Cc1cc(OCc2n[nH]c(=S)n2Cc2ccccc2)c(C(C)C)cc1N=O. The van der Waals surface area contributed by atoms with Gasteiger partial charge in [0.15, 0.2) is 10.6 Å². The molecule has 27 heavy (non-hydrogen) atoms. The number of nitrogens with zero attached hydrogens (tertiary/aromatic N) is 3. The van der Waals surface area contributed by atoms with E-state index in [4.69, 9.17) is 17.0 Å². The van der Waals surface area contributed by atoms with E-state index in [-0.39, 0.29) is 12.5 Å². The quantitative estimate of drug-likeness (QED) is 0.439. The third-order valence-corrected chi connectivity index (χ3v) is 4.74. The maximum Gasteiger partial charge on any atom is 0.195 e. The molecular weight excluding hydrogens is 360 g/mol. The van der Waals surface area contributed by atoms with E-state index >= 15 is 0 Å². The van der Waals surface area contributed by atoms with Crippen molar-refractivity contribution >= 4 is 17.9 Å². The lowest BCUT2D eigenvalue weighted by Crippen LogP contribution is -2.09. The van der Waals surface area contributed by atoms with Gasteiger partial charge in [0.25, 0.3) is 0 Å². The van der Waals surface area contributed by atoms with Crippen LogP contribution in [0.15, 0.2) is 47.6 Å². The molecule has 1 aromatic heterocycles. The Hall–Kier alpha value is -2.80. The number of nitroso groups, excluding NO2 is 1. The monoisotopic (exact) mass is 382 g/mol. The Morgan fingerprint density at radius 3 is 2.67 bits per heavy atom. The highest BCUT2D eigenvalue weighted by atomic mass is 32.1. The topological polar surface area (TPSA) is 72.3 Å². The van der Waals surface area contributed by atoms with Crippen molar-refractivity contribution in [3.63, 3.8) is 0 Å². The summed E-state index contributed by atoms with van der Waals surface area (Å²) in [6, 6.07) is 13.7. The predicted molar refractivity (Wildman–Crippen MR) is 108 cm³/mol. The number of benzene rings is 2. The van der Waals surface area contributed by atoms with Crippen LogP contribution in [0.3, 0.4) is 0 Å². The Balaban J connectivity index is 1.85. The Morgan fingerprint density at radius 2 is 2.00 bits per heavy atom. The van der Waals surface area contributed by atoms with Gasteiger partial charge in [-0.3, -0.25) is 9.67 Å². The summed E-state index contributed by atoms with van der Waals surface area (Å²) in [6.07, 6.45) is 0. The van der Waals surface area contributed by atoms with Crippen LogP contribution in [-0.4, -0.2) is 14.8 Å². The molecule has 0 aliphatic carbocycles. The Morgan fingerprint density at radius 1 is 1.26 bits per heavy atom. The van der Waals surface area contributed by atoms with Gasteiger partial charge in [-0.25, -0.2) is 0 Å². The Bertz CT molecular complexity index is 993. The van der Waals surface area contributed by atoms with Crippen molar-refractivity contribution in [3.8, 4) is 5.75 Å². The molecule has 1 N–H and O–H groups in total. The van der Waals surface area contributed by atoms with Crippen LogP contribution in [0, 0.1) is 16.6 Å². The molecule has 3 rings (SSSR count). The summed E-state index contributed by atoms with van der Waals surface area (Å²) in [7, 11) is 0. The molecule has 3 aromatic rings. The first-order valence-electron chi connectivity index (χ1n) is 8.78. The van der Waals surface area contributed by atoms with Crippen LogP contribution < -0.4 is 4.74 Å². The van der Waals surface area contributed by atoms with Gasteiger partial charge in [0.05, 0.1) is 6.54 Å². The van der Waals surface area contributed by atoms with Crippen LogP contribution >= 0.6 is 12.2 Å². The largest absolute Gasteiger partial charge is 0.485 e. The van der Waals surface area contributed by atoms with Crippen molar-refractivity contribution in [2.75, 3.05) is 0 Å². The van der Waals surface area contributed by atoms with Crippen LogP contribution in [0.4, 0.5) is 5.69 Å². The van der Waals surface area contributed by atoms with Crippen molar-refractivity contribution in [1.29, 1.82) is 0 Å². The fourth-order valence-corrected chi connectivity index (χ4v) is 3.11. The molecule has 0 aliphatic heterocycles. The van der Waals surface area contributed by atoms with Gasteiger partial charge in [-0.2, -0.15) is 5.10 Å². The van der Waals surface area contributed by atoms with Gasteiger partial charge in [0.1, 0.15) is 18.0 Å². The number of H-pyrrole nitrogens is 1. The predicted octanol–water partition coefficient (Wildman–Crippen LogP) is 5.40. The molecule has 0 atom stereocenters. The van der Waals surface area contributed by atoms with E-state index in [0.717, 1.165) is 22.4 Å². The molecule has 7 heteroatoms. The zero-order valence-electron chi connectivity index (χ0n) is 15.6. The van der Waals surface area contributed by atoms with Crippen molar-refractivity contribution in [2.45, 2.75) is 39.8 Å². The normalized spacial score (nSPS) is 11.0. The van der Waals surface area contributed by atoms with E-state index in [2.05, 4.69) is 29.2 Å². The number of aromatic amines is 1. The van der Waals surface area contributed by atoms with E-state index in [1.165, 1.54) is 0 Å². The smallest absolute Gasteiger partial charge is 0.195 e. The van der Waals surface area contributed by atoms with Crippen molar-refractivity contribution in [2.24, 2.45) is 5.18 Å². The number of aryl methyl sites for hydroxylation is 1. The van der Waals surface area contributed by atoms with Gasteiger partial charge < -0.3 is 4.74 Å². The van der Waals surface area contributed by atoms with Crippen LogP contribution in [-0.2, 0) is 13.2 Å². The van der Waals surface area contributed by atoms with E-state index in [9.17, 15) is 4.91 Å². The van der Waals surface area contributed by atoms with E-state index in [0.29, 0.717) is 22.8 Å². The van der Waals surface area contributed by atoms with Crippen LogP contribution in [0.2, 0.25) is 0 Å². The second-order valence-electron chi connectivity index (χ2n) is 6.73. The second kappa shape index (κ2) is 8.26. The summed E-state index contributed by atoms with van der Waals surface area (Å²) >= 11 is 5.37. The molecule has 0 fully saturated rings. The lowest BCUT2D eigenvalue weighted by atomic mass is 9.99. The minimum absolute atomic E-state index is 0.200. The Labute approximate surface area is 163 Å². The highest BCUT2D eigenvalue weighted by Gasteiger charge is 2.14. The molecule has 140 valence electrons. The van der Waals surface area contributed by atoms with Crippen molar-refractivity contribution in [3.05, 3.63) is 74.7 Å². The molecule has 2 aromatic carbocycles. The Kier molecular flexibility index (Phi) is 5.81. The van der Waals surface area contributed by atoms with Gasteiger partial charge >= 0.3 is 0 Å². The number of hydrogen-bond donors (Lipinski definition) is 1. The molecule has 0 aliphatic rings. The van der Waals surface area contributed by atoms with Gasteiger partial charge in [0.2, 0.25) is 0 Å². The molecule has 0 unspecified atom stereocenters. The average molecular weight is 382 g/mol. The lowest BCUT2D eigenvalue weighted by molar-refractivity contribution is 0.285. The molecule has 0 bridgehead atoms. The molecule has 0 saturated heterocycles. The average Bonchev–Trinajstić information content (AvgIpc) is 3.00. The highest BCUT2D eigenvalue weighted by Crippen LogP contribution is 2.33.